The standard InChI is InChI=1S/C22H17N7OS/c1-28-19-16(20-21(28)26-18(31-20)10-14-8-9-23-27-14)11-24-29(22(19)30)12-15-7-6-13-4-2-3-5-17(13)25-15/h2-9,11H,10,12H2,1H3,(H,23,27). The first-order chi connectivity index (χ1) is 15.2. The Bertz CT molecular complexity index is 1630. The molecule has 0 bridgehead atoms. The summed E-state index contributed by atoms with van der Waals surface area (Å²) in [5.41, 5.74) is 3.90. The molecule has 6 rings (SSSR count). The topological polar surface area (TPSA) is 94.3 Å². The molecule has 0 fully saturated rings. The van der Waals surface area contributed by atoms with Crippen molar-refractivity contribution in [1.82, 2.24) is 34.5 Å². The largest absolute Gasteiger partial charge is 0.323 e. The van der Waals surface area contributed by atoms with Gasteiger partial charge in [-0.05, 0) is 18.2 Å². The van der Waals surface area contributed by atoms with Crippen molar-refractivity contribution in [3.8, 4) is 0 Å². The molecule has 0 unspecified atom stereocenters. The van der Waals surface area contributed by atoms with E-state index in [1.54, 1.807) is 23.7 Å². The van der Waals surface area contributed by atoms with Gasteiger partial charge in [-0.3, -0.25) is 14.9 Å². The number of aryl methyl sites for hydroxylation is 1. The molecule has 6 aromatic rings. The van der Waals surface area contributed by atoms with E-state index in [1.165, 1.54) is 4.68 Å². The zero-order valence-electron chi connectivity index (χ0n) is 16.6. The van der Waals surface area contributed by atoms with Crippen molar-refractivity contribution in [3.63, 3.8) is 0 Å². The molecule has 5 aromatic heterocycles. The first kappa shape index (κ1) is 18.0. The van der Waals surface area contributed by atoms with Crippen LogP contribution in [0.15, 0.2) is 59.7 Å². The van der Waals surface area contributed by atoms with Crippen molar-refractivity contribution in [3.05, 3.63) is 81.6 Å². The van der Waals surface area contributed by atoms with Crippen LogP contribution < -0.4 is 5.56 Å². The van der Waals surface area contributed by atoms with Crippen LogP contribution >= 0.6 is 11.3 Å². The number of benzene rings is 1. The van der Waals surface area contributed by atoms with E-state index in [0.29, 0.717) is 18.5 Å². The Morgan fingerprint density at radius 2 is 1.97 bits per heavy atom. The third-order valence-electron chi connectivity index (χ3n) is 5.43. The Morgan fingerprint density at radius 1 is 1.06 bits per heavy atom. The van der Waals surface area contributed by atoms with Gasteiger partial charge in [-0.2, -0.15) is 10.2 Å². The van der Waals surface area contributed by atoms with Crippen LogP contribution in [-0.4, -0.2) is 34.5 Å². The van der Waals surface area contributed by atoms with Crippen molar-refractivity contribution in [2.45, 2.75) is 13.0 Å². The number of rotatable bonds is 4. The minimum Gasteiger partial charge on any atom is -0.323 e. The lowest BCUT2D eigenvalue weighted by Crippen LogP contribution is -2.25. The summed E-state index contributed by atoms with van der Waals surface area (Å²) < 4.78 is 4.31. The van der Waals surface area contributed by atoms with E-state index in [0.717, 1.165) is 43.0 Å². The molecule has 0 aliphatic heterocycles. The number of fused-ring (bicyclic) bond motifs is 4. The number of H-pyrrole nitrogens is 1. The minimum absolute atomic E-state index is 0.144. The lowest BCUT2D eigenvalue weighted by molar-refractivity contribution is 0.634. The van der Waals surface area contributed by atoms with Crippen LogP contribution in [-0.2, 0) is 20.0 Å². The molecule has 0 saturated heterocycles. The minimum atomic E-state index is -0.144. The van der Waals surface area contributed by atoms with Gasteiger partial charge in [0.1, 0.15) is 10.5 Å². The van der Waals surface area contributed by atoms with Crippen LogP contribution in [0.2, 0.25) is 0 Å². The maximum absolute atomic E-state index is 13.2. The van der Waals surface area contributed by atoms with Crippen LogP contribution in [0.25, 0.3) is 32.2 Å². The van der Waals surface area contributed by atoms with Gasteiger partial charge in [0.05, 0.1) is 34.3 Å². The summed E-state index contributed by atoms with van der Waals surface area (Å²) in [5.74, 6) is 0. The highest BCUT2D eigenvalue weighted by Gasteiger charge is 2.18. The summed E-state index contributed by atoms with van der Waals surface area (Å²) >= 11 is 1.58. The second-order valence-corrected chi connectivity index (χ2v) is 8.51. The number of hydrogen-bond acceptors (Lipinski definition) is 6. The average molecular weight is 427 g/mol. The lowest BCUT2D eigenvalue weighted by atomic mass is 10.2. The van der Waals surface area contributed by atoms with Crippen molar-refractivity contribution < 1.29 is 0 Å². The Kier molecular flexibility index (Phi) is 3.97. The van der Waals surface area contributed by atoms with Gasteiger partial charge in [0, 0.05) is 30.4 Å². The Balaban J connectivity index is 1.41. The molecule has 0 amide bonds. The summed E-state index contributed by atoms with van der Waals surface area (Å²) in [7, 11) is 1.88. The molecule has 0 radical (unpaired) electrons. The first-order valence-electron chi connectivity index (χ1n) is 9.84. The van der Waals surface area contributed by atoms with E-state index in [2.05, 4.69) is 20.3 Å². The normalized spacial score (nSPS) is 11.8. The van der Waals surface area contributed by atoms with Gasteiger partial charge < -0.3 is 4.57 Å². The van der Waals surface area contributed by atoms with E-state index >= 15 is 0 Å². The van der Waals surface area contributed by atoms with Gasteiger partial charge >= 0.3 is 0 Å². The van der Waals surface area contributed by atoms with Crippen molar-refractivity contribution >= 4 is 43.5 Å². The molecule has 9 heteroatoms. The molecular formula is C22H17N7OS. The van der Waals surface area contributed by atoms with Crippen LogP contribution in [0.5, 0.6) is 0 Å². The fourth-order valence-electron chi connectivity index (χ4n) is 3.91. The molecule has 8 nitrogen and oxygen atoms in total. The molecular weight excluding hydrogens is 410 g/mol. The van der Waals surface area contributed by atoms with Crippen molar-refractivity contribution in [2.24, 2.45) is 7.05 Å². The fourth-order valence-corrected chi connectivity index (χ4v) is 5.04. The zero-order chi connectivity index (χ0) is 20.9. The van der Waals surface area contributed by atoms with Gasteiger partial charge in [-0.15, -0.1) is 11.3 Å². The Morgan fingerprint density at radius 3 is 2.84 bits per heavy atom. The predicted molar refractivity (Wildman–Crippen MR) is 120 cm³/mol. The molecule has 152 valence electrons. The van der Waals surface area contributed by atoms with Crippen molar-refractivity contribution in [2.75, 3.05) is 0 Å². The zero-order valence-corrected chi connectivity index (χ0v) is 17.4. The van der Waals surface area contributed by atoms with E-state index < -0.39 is 0 Å². The third kappa shape index (κ3) is 2.93. The molecule has 31 heavy (non-hydrogen) atoms. The number of nitrogens with zero attached hydrogens (tertiary/aromatic N) is 6. The predicted octanol–water partition coefficient (Wildman–Crippen LogP) is 3.26. The number of nitrogens with one attached hydrogen (secondary N) is 1. The number of hydrogen-bond donors (Lipinski definition) is 1. The lowest BCUT2D eigenvalue weighted by Gasteiger charge is -2.06. The summed E-state index contributed by atoms with van der Waals surface area (Å²) in [6, 6.07) is 13.8. The van der Waals surface area contributed by atoms with E-state index in [1.807, 2.05) is 54.1 Å². The quantitative estimate of drug-likeness (QED) is 0.466. The smallest absolute Gasteiger partial charge is 0.291 e. The molecule has 1 aromatic carbocycles. The Labute approximate surface area is 179 Å². The number of pyridine rings is 1. The van der Waals surface area contributed by atoms with E-state index in [9.17, 15) is 4.79 Å². The third-order valence-corrected chi connectivity index (χ3v) is 6.51. The molecule has 0 aliphatic rings. The molecule has 1 N–H and O–H groups in total. The average Bonchev–Trinajstić information content (AvgIpc) is 3.49. The highest BCUT2D eigenvalue weighted by atomic mass is 32.1. The number of aromatic nitrogens is 7. The van der Waals surface area contributed by atoms with Gasteiger partial charge in [0.2, 0.25) is 0 Å². The van der Waals surface area contributed by atoms with Crippen LogP contribution in [0.3, 0.4) is 0 Å². The second-order valence-electron chi connectivity index (χ2n) is 7.43. The fraction of sp³-hybridized carbons (Fsp3) is 0.136. The van der Waals surface area contributed by atoms with Crippen molar-refractivity contribution in [1.29, 1.82) is 0 Å². The highest BCUT2D eigenvalue weighted by Crippen LogP contribution is 2.31. The van der Waals surface area contributed by atoms with Crippen LogP contribution in [0.4, 0.5) is 0 Å². The van der Waals surface area contributed by atoms with Gasteiger partial charge in [0.25, 0.3) is 5.56 Å². The molecule has 0 saturated carbocycles. The summed E-state index contributed by atoms with van der Waals surface area (Å²) in [6.07, 6.45) is 4.22. The highest BCUT2D eigenvalue weighted by molar-refractivity contribution is 7.19. The molecule has 0 atom stereocenters. The van der Waals surface area contributed by atoms with Crippen LogP contribution in [0, 0.1) is 0 Å². The van der Waals surface area contributed by atoms with E-state index in [-0.39, 0.29) is 5.56 Å². The maximum Gasteiger partial charge on any atom is 0.291 e. The molecule has 5 heterocycles. The maximum atomic E-state index is 13.2. The monoisotopic (exact) mass is 427 g/mol. The van der Waals surface area contributed by atoms with Crippen LogP contribution in [0.1, 0.15) is 16.4 Å². The molecule has 0 aliphatic carbocycles. The number of aromatic amines is 1. The summed E-state index contributed by atoms with van der Waals surface area (Å²) in [6.45, 7) is 0.316. The van der Waals surface area contributed by atoms with Gasteiger partial charge in [-0.1, -0.05) is 24.3 Å². The van der Waals surface area contributed by atoms with E-state index in [4.69, 9.17) is 4.98 Å². The SMILES string of the molecule is Cn1c2nc(Cc3cc[nH]n3)sc2c2cnn(Cc3ccc4ccccc4n3)c(=O)c21. The summed E-state index contributed by atoms with van der Waals surface area (Å²) in [4.78, 5) is 22.7. The second kappa shape index (κ2) is 6.85. The first-order valence-corrected chi connectivity index (χ1v) is 10.7. The summed E-state index contributed by atoms with van der Waals surface area (Å²) in [5, 5.41) is 14.3. The number of thiazole rings is 1. The number of para-hydroxylation sites is 1. The van der Waals surface area contributed by atoms with Gasteiger partial charge in [0.15, 0.2) is 5.65 Å². The van der Waals surface area contributed by atoms with Gasteiger partial charge in [-0.25, -0.2) is 9.67 Å². The molecule has 0 spiro atoms. The Hall–Kier alpha value is -3.85.